The van der Waals surface area contributed by atoms with Gasteiger partial charge < -0.3 is 15.1 Å². The normalized spacial score (nSPS) is 22.3. The van der Waals surface area contributed by atoms with E-state index in [1.165, 1.54) is 0 Å². The number of fused-ring (bicyclic) bond motifs is 1. The van der Waals surface area contributed by atoms with Crippen LogP contribution in [0.15, 0.2) is 12.1 Å². The third-order valence-electron chi connectivity index (χ3n) is 5.56. The fraction of sp³-hybridized carbons (Fsp3) is 0.526. The van der Waals surface area contributed by atoms with Gasteiger partial charge in [0, 0.05) is 51.3 Å². The number of hydroxylamine groups is 2. The molecule has 0 saturated carbocycles. The number of piperazine rings is 1. The number of nitrogens with one attached hydrogen (secondary N) is 1. The van der Waals surface area contributed by atoms with E-state index in [0.29, 0.717) is 17.8 Å². The Balaban J connectivity index is 1.48. The van der Waals surface area contributed by atoms with Gasteiger partial charge in [-0.2, -0.15) is 13.2 Å². The average molecular weight is 455 g/mol. The summed E-state index contributed by atoms with van der Waals surface area (Å²) < 4.78 is 37.5. The second-order valence-corrected chi connectivity index (χ2v) is 7.73. The van der Waals surface area contributed by atoms with Crippen molar-refractivity contribution in [3.8, 4) is 0 Å². The smallest absolute Gasteiger partial charge is 0.321 e. The van der Waals surface area contributed by atoms with E-state index in [4.69, 9.17) is 0 Å². The molecule has 1 aromatic rings. The van der Waals surface area contributed by atoms with Gasteiger partial charge in [0.2, 0.25) is 0 Å². The molecule has 1 N–H and O–H groups in total. The van der Waals surface area contributed by atoms with Gasteiger partial charge in [0.05, 0.1) is 5.69 Å². The molecule has 3 amide bonds. The number of nitrogens with zero attached hydrogens (tertiary/aromatic N) is 4. The van der Waals surface area contributed by atoms with Crippen LogP contribution in [0.25, 0.3) is 0 Å². The molecule has 1 atom stereocenters. The van der Waals surface area contributed by atoms with Gasteiger partial charge in [0.25, 0.3) is 17.7 Å². The molecular weight excluding hydrogens is 435 g/mol. The lowest BCUT2D eigenvalue weighted by Gasteiger charge is -2.33. The molecule has 4 rings (SSSR count). The fourth-order valence-electron chi connectivity index (χ4n) is 3.93. The Hall–Kier alpha value is -3.06. The van der Waals surface area contributed by atoms with Gasteiger partial charge in [-0.25, -0.2) is 9.78 Å². The van der Waals surface area contributed by atoms with Gasteiger partial charge in [-0.05, 0) is 12.5 Å². The van der Waals surface area contributed by atoms with E-state index < -0.39 is 35.9 Å². The minimum Gasteiger partial charge on any atom is -0.321 e. The molecule has 1 aromatic heterocycles. The van der Waals surface area contributed by atoms with Gasteiger partial charge in [-0.15, -0.1) is 5.06 Å². The molecule has 32 heavy (non-hydrogen) atoms. The molecule has 0 bridgehead atoms. The maximum atomic E-state index is 13.0. The van der Waals surface area contributed by atoms with Crippen molar-refractivity contribution in [3.05, 3.63) is 29.1 Å². The van der Waals surface area contributed by atoms with Crippen LogP contribution in [0.3, 0.4) is 0 Å². The molecule has 0 aliphatic carbocycles. The van der Waals surface area contributed by atoms with Gasteiger partial charge in [0.1, 0.15) is 11.7 Å². The monoisotopic (exact) mass is 455 g/mol. The average Bonchev–Trinajstić information content (AvgIpc) is 3.07. The summed E-state index contributed by atoms with van der Waals surface area (Å²) in [4.78, 5) is 60.4. The standard InChI is InChI=1S/C19H20F3N5O5/c20-19(21,22)18(31)32-27-14(28)4-3-13(16(27)29)26-9-11-1-2-12(24-15(11)17(26)30)10-25-7-5-23-6-8-25/h1-2,13,23H,3-10H2. The highest BCUT2D eigenvalue weighted by atomic mass is 19.4. The zero-order valence-corrected chi connectivity index (χ0v) is 16.9. The number of alkyl halides is 3. The molecular formula is C19H20F3N5O5. The first-order valence-electron chi connectivity index (χ1n) is 10.0. The minimum absolute atomic E-state index is 0.0146. The van der Waals surface area contributed by atoms with Gasteiger partial charge in [-0.1, -0.05) is 6.07 Å². The topological polar surface area (TPSA) is 112 Å². The van der Waals surface area contributed by atoms with Crippen molar-refractivity contribution in [1.82, 2.24) is 25.2 Å². The number of aromatic nitrogens is 1. The van der Waals surface area contributed by atoms with Crippen LogP contribution in [0, 0.1) is 0 Å². The van der Waals surface area contributed by atoms with Crippen molar-refractivity contribution < 1.29 is 37.2 Å². The summed E-state index contributed by atoms with van der Waals surface area (Å²) in [6.07, 6.45) is -5.83. The number of imide groups is 1. The number of hydrogen-bond donors (Lipinski definition) is 1. The van der Waals surface area contributed by atoms with E-state index in [2.05, 4.69) is 20.0 Å². The van der Waals surface area contributed by atoms with Crippen LogP contribution in [-0.4, -0.2) is 81.9 Å². The largest absolute Gasteiger partial charge is 0.493 e. The lowest BCUT2D eigenvalue weighted by molar-refractivity contribution is -0.238. The number of carbonyl (C=O) groups excluding carboxylic acids is 4. The Morgan fingerprint density at radius 2 is 1.91 bits per heavy atom. The highest BCUT2D eigenvalue weighted by Gasteiger charge is 2.49. The molecule has 172 valence electrons. The molecule has 2 fully saturated rings. The summed E-state index contributed by atoms with van der Waals surface area (Å²) in [6.45, 7) is 3.97. The lowest BCUT2D eigenvalue weighted by Crippen LogP contribution is -2.55. The van der Waals surface area contributed by atoms with Gasteiger partial charge >= 0.3 is 12.1 Å². The van der Waals surface area contributed by atoms with Crippen molar-refractivity contribution >= 4 is 23.7 Å². The highest BCUT2D eigenvalue weighted by Crippen LogP contribution is 2.29. The molecule has 4 heterocycles. The maximum Gasteiger partial charge on any atom is 0.493 e. The molecule has 13 heteroatoms. The summed E-state index contributed by atoms with van der Waals surface area (Å²) in [6, 6.07) is 2.28. The fourth-order valence-corrected chi connectivity index (χ4v) is 3.93. The van der Waals surface area contributed by atoms with Crippen LogP contribution in [0.4, 0.5) is 13.2 Å². The number of piperidine rings is 1. The highest BCUT2D eigenvalue weighted by molar-refractivity contribution is 6.04. The van der Waals surface area contributed by atoms with E-state index in [9.17, 15) is 32.3 Å². The molecule has 0 radical (unpaired) electrons. The minimum atomic E-state index is -5.38. The number of hydrogen-bond acceptors (Lipinski definition) is 8. The number of halogens is 3. The third kappa shape index (κ3) is 4.30. The number of carbonyl (C=O) groups is 4. The summed E-state index contributed by atoms with van der Waals surface area (Å²) in [5, 5.41) is 3.05. The first-order valence-corrected chi connectivity index (χ1v) is 10.0. The van der Waals surface area contributed by atoms with Gasteiger partial charge in [0.15, 0.2) is 0 Å². The van der Waals surface area contributed by atoms with Crippen LogP contribution >= 0.6 is 0 Å². The number of rotatable bonds is 4. The SMILES string of the molecule is O=C1CCC(N2Cc3ccc(CN4CCNCC4)nc3C2=O)C(=O)N1OC(=O)C(F)(F)F. The summed E-state index contributed by atoms with van der Waals surface area (Å²) in [7, 11) is 0. The molecule has 0 spiro atoms. The molecule has 3 aliphatic heterocycles. The quantitative estimate of drug-likeness (QED) is 0.631. The first-order chi connectivity index (χ1) is 15.1. The van der Waals surface area contributed by atoms with Gasteiger partial charge in [-0.3, -0.25) is 19.3 Å². The van der Waals surface area contributed by atoms with Crippen LogP contribution in [0.1, 0.15) is 34.6 Å². The predicted molar refractivity (Wildman–Crippen MR) is 99.3 cm³/mol. The Morgan fingerprint density at radius 1 is 1.19 bits per heavy atom. The van der Waals surface area contributed by atoms with Crippen molar-refractivity contribution in [1.29, 1.82) is 0 Å². The van der Waals surface area contributed by atoms with E-state index in [1.807, 2.05) is 0 Å². The first kappa shape index (κ1) is 22.1. The van der Waals surface area contributed by atoms with Crippen LogP contribution in [-0.2, 0) is 32.3 Å². The summed E-state index contributed by atoms with van der Waals surface area (Å²) >= 11 is 0. The van der Waals surface area contributed by atoms with E-state index >= 15 is 0 Å². The molecule has 3 aliphatic rings. The maximum absolute atomic E-state index is 13.0. The predicted octanol–water partition coefficient (Wildman–Crippen LogP) is -0.0193. The Morgan fingerprint density at radius 3 is 2.59 bits per heavy atom. The number of pyridine rings is 1. The zero-order chi connectivity index (χ0) is 23.0. The molecule has 2 saturated heterocycles. The molecule has 0 aromatic carbocycles. The van der Waals surface area contributed by atoms with Crippen LogP contribution in [0.5, 0.6) is 0 Å². The van der Waals surface area contributed by atoms with Crippen molar-refractivity contribution in [2.75, 3.05) is 26.2 Å². The van der Waals surface area contributed by atoms with Crippen LogP contribution in [0.2, 0.25) is 0 Å². The van der Waals surface area contributed by atoms with E-state index in [-0.39, 0.29) is 30.1 Å². The Bertz CT molecular complexity index is 963. The second-order valence-electron chi connectivity index (χ2n) is 7.73. The molecule has 10 nitrogen and oxygen atoms in total. The summed E-state index contributed by atoms with van der Waals surface area (Å²) in [5.41, 5.74) is 1.43. The Labute approximate surface area is 180 Å². The third-order valence-corrected chi connectivity index (χ3v) is 5.56. The van der Waals surface area contributed by atoms with E-state index in [0.717, 1.165) is 31.1 Å². The zero-order valence-electron chi connectivity index (χ0n) is 16.9. The van der Waals surface area contributed by atoms with E-state index in [1.54, 1.807) is 12.1 Å². The lowest BCUT2D eigenvalue weighted by atomic mass is 10.0. The summed E-state index contributed by atoms with van der Waals surface area (Å²) in [5.74, 6) is -5.52. The molecule has 1 unspecified atom stereocenters. The van der Waals surface area contributed by atoms with Crippen LogP contribution < -0.4 is 5.32 Å². The second kappa shape index (κ2) is 8.47. The Kier molecular flexibility index (Phi) is 5.86. The number of amides is 3. The van der Waals surface area contributed by atoms with Crippen molar-refractivity contribution in [2.45, 2.75) is 38.1 Å². The van der Waals surface area contributed by atoms with Crippen molar-refractivity contribution in [3.63, 3.8) is 0 Å². The van der Waals surface area contributed by atoms with Crippen molar-refractivity contribution in [2.24, 2.45) is 0 Å².